The highest BCUT2D eigenvalue weighted by atomic mass is 16.5. The van der Waals surface area contributed by atoms with Crippen molar-refractivity contribution in [3.63, 3.8) is 0 Å². The van der Waals surface area contributed by atoms with E-state index in [2.05, 4.69) is 5.32 Å². The van der Waals surface area contributed by atoms with Crippen molar-refractivity contribution >= 4 is 6.03 Å². The third-order valence-electron chi connectivity index (χ3n) is 2.93. The van der Waals surface area contributed by atoms with Gasteiger partial charge in [-0.1, -0.05) is 6.92 Å². The van der Waals surface area contributed by atoms with Gasteiger partial charge in [-0.15, -0.1) is 0 Å². The first-order valence-electron chi connectivity index (χ1n) is 5.93. The Morgan fingerprint density at radius 3 is 3.00 bits per heavy atom. The van der Waals surface area contributed by atoms with Gasteiger partial charge in [-0.3, -0.25) is 0 Å². The Kier molecular flexibility index (Phi) is 5.55. The highest BCUT2D eigenvalue weighted by Gasteiger charge is 2.26. The molecule has 1 heterocycles. The standard InChI is InChI=1S/C11H22N2O3/c1-3-16-7-5-12-11(15)13-6-4-9(2)10(14)8-13/h9-10,14H,3-8H2,1-2H3,(H,12,15). The van der Waals surface area contributed by atoms with E-state index in [1.807, 2.05) is 13.8 Å². The molecule has 0 bridgehead atoms. The number of ether oxygens (including phenoxy) is 1. The van der Waals surface area contributed by atoms with Crippen LogP contribution in [-0.4, -0.2) is 55.0 Å². The van der Waals surface area contributed by atoms with E-state index in [1.54, 1.807) is 4.90 Å². The summed E-state index contributed by atoms with van der Waals surface area (Å²) in [7, 11) is 0. The van der Waals surface area contributed by atoms with Gasteiger partial charge in [0.1, 0.15) is 0 Å². The molecule has 2 amide bonds. The maximum Gasteiger partial charge on any atom is 0.317 e. The van der Waals surface area contributed by atoms with Crippen molar-refractivity contribution < 1.29 is 14.6 Å². The molecule has 0 spiro atoms. The van der Waals surface area contributed by atoms with Gasteiger partial charge in [0.05, 0.1) is 12.7 Å². The number of piperidine rings is 1. The number of aliphatic hydroxyl groups is 1. The molecule has 0 radical (unpaired) electrons. The van der Waals surface area contributed by atoms with Crippen LogP contribution < -0.4 is 5.32 Å². The Hall–Kier alpha value is -0.810. The van der Waals surface area contributed by atoms with Crippen molar-refractivity contribution in [2.45, 2.75) is 26.4 Å². The lowest BCUT2D eigenvalue weighted by molar-refractivity contribution is 0.0430. The van der Waals surface area contributed by atoms with Crippen molar-refractivity contribution in [2.24, 2.45) is 5.92 Å². The average Bonchev–Trinajstić information content (AvgIpc) is 2.28. The summed E-state index contributed by atoms with van der Waals surface area (Å²) in [5.74, 6) is 0.285. The smallest absolute Gasteiger partial charge is 0.317 e. The van der Waals surface area contributed by atoms with Crippen LogP contribution >= 0.6 is 0 Å². The molecule has 1 fully saturated rings. The van der Waals surface area contributed by atoms with E-state index in [1.165, 1.54) is 0 Å². The van der Waals surface area contributed by atoms with Crippen molar-refractivity contribution in [3.05, 3.63) is 0 Å². The van der Waals surface area contributed by atoms with E-state index in [-0.39, 0.29) is 11.9 Å². The molecular formula is C11H22N2O3. The number of carbonyl (C=O) groups excluding carboxylic acids is 1. The second-order valence-electron chi connectivity index (χ2n) is 4.21. The summed E-state index contributed by atoms with van der Waals surface area (Å²) in [4.78, 5) is 13.3. The van der Waals surface area contributed by atoms with E-state index < -0.39 is 6.10 Å². The first kappa shape index (κ1) is 13.3. The van der Waals surface area contributed by atoms with E-state index in [9.17, 15) is 9.90 Å². The zero-order valence-corrected chi connectivity index (χ0v) is 10.1. The number of amides is 2. The van der Waals surface area contributed by atoms with Crippen LogP contribution in [0.4, 0.5) is 4.79 Å². The van der Waals surface area contributed by atoms with Gasteiger partial charge in [-0.2, -0.15) is 0 Å². The van der Waals surface area contributed by atoms with Crippen LogP contribution in [0.1, 0.15) is 20.3 Å². The summed E-state index contributed by atoms with van der Waals surface area (Å²) in [5, 5.41) is 12.4. The van der Waals surface area contributed by atoms with Gasteiger partial charge in [-0.25, -0.2) is 4.79 Å². The molecule has 94 valence electrons. The summed E-state index contributed by atoms with van der Waals surface area (Å²) < 4.78 is 5.13. The van der Waals surface area contributed by atoms with Crippen LogP contribution in [0.15, 0.2) is 0 Å². The summed E-state index contributed by atoms with van der Waals surface area (Å²) in [6.45, 7) is 6.80. The van der Waals surface area contributed by atoms with Gasteiger partial charge in [0.25, 0.3) is 0 Å². The number of hydrogen-bond donors (Lipinski definition) is 2. The SMILES string of the molecule is CCOCCNC(=O)N1CCC(C)C(O)C1. The summed E-state index contributed by atoms with van der Waals surface area (Å²) >= 11 is 0. The van der Waals surface area contributed by atoms with E-state index in [4.69, 9.17) is 4.74 Å². The molecule has 5 nitrogen and oxygen atoms in total. The quantitative estimate of drug-likeness (QED) is 0.689. The largest absolute Gasteiger partial charge is 0.391 e. The Balaban J connectivity index is 2.21. The fourth-order valence-electron chi connectivity index (χ4n) is 1.72. The van der Waals surface area contributed by atoms with Gasteiger partial charge in [0.15, 0.2) is 0 Å². The van der Waals surface area contributed by atoms with Crippen molar-refractivity contribution in [3.8, 4) is 0 Å². The number of likely N-dealkylation sites (tertiary alicyclic amines) is 1. The molecule has 1 aliphatic rings. The fraction of sp³-hybridized carbons (Fsp3) is 0.909. The molecule has 0 saturated carbocycles. The Labute approximate surface area is 96.8 Å². The summed E-state index contributed by atoms with van der Waals surface area (Å²) in [5.41, 5.74) is 0. The van der Waals surface area contributed by atoms with E-state index >= 15 is 0 Å². The number of hydrogen-bond acceptors (Lipinski definition) is 3. The number of nitrogens with zero attached hydrogens (tertiary/aromatic N) is 1. The monoisotopic (exact) mass is 230 g/mol. The zero-order valence-electron chi connectivity index (χ0n) is 10.1. The van der Waals surface area contributed by atoms with Gasteiger partial charge in [0, 0.05) is 26.2 Å². The van der Waals surface area contributed by atoms with E-state index in [0.29, 0.717) is 26.3 Å². The second-order valence-corrected chi connectivity index (χ2v) is 4.21. The third-order valence-corrected chi connectivity index (χ3v) is 2.93. The molecule has 0 aromatic heterocycles. The lowest BCUT2D eigenvalue weighted by Gasteiger charge is -2.34. The molecule has 2 N–H and O–H groups in total. The Morgan fingerprint density at radius 1 is 1.62 bits per heavy atom. The number of carbonyl (C=O) groups is 1. The minimum absolute atomic E-state index is 0.106. The lowest BCUT2D eigenvalue weighted by atomic mass is 9.96. The lowest BCUT2D eigenvalue weighted by Crippen LogP contribution is -2.50. The molecule has 0 aromatic rings. The Morgan fingerprint density at radius 2 is 2.38 bits per heavy atom. The van der Waals surface area contributed by atoms with Crippen LogP contribution in [0.2, 0.25) is 0 Å². The molecule has 0 aliphatic carbocycles. The average molecular weight is 230 g/mol. The predicted octanol–water partition coefficient (Wildman–Crippen LogP) is 0.435. The van der Waals surface area contributed by atoms with Crippen molar-refractivity contribution in [1.29, 1.82) is 0 Å². The minimum Gasteiger partial charge on any atom is -0.391 e. The van der Waals surface area contributed by atoms with Crippen molar-refractivity contribution in [1.82, 2.24) is 10.2 Å². The summed E-state index contributed by atoms with van der Waals surface area (Å²) in [6, 6.07) is -0.106. The second kappa shape index (κ2) is 6.70. The number of nitrogens with one attached hydrogen (secondary N) is 1. The van der Waals surface area contributed by atoms with Crippen molar-refractivity contribution in [2.75, 3.05) is 32.8 Å². The van der Waals surface area contributed by atoms with Gasteiger partial charge in [-0.05, 0) is 19.3 Å². The molecule has 2 atom stereocenters. The van der Waals surface area contributed by atoms with Gasteiger partial charge >= 0.3 is 6.03 Å². The number of β-amino-alcohol motifs (C(OH)–C–C–N with tert-alkyl or cyclic N) is 1. The number of aliphatic hydroxyl groups excluding tert-OH is 1. The minimum atomic E-state index is -0.397. The molecular weight excluding hydrogens is 208 g/mol. The molecule has 1 rings (SSSR count). The number of rotatable bonds is 4. The molecule has 0 aromatic carbocycles. The highest BCUT2D eigenvalue weighted by Crippen LogP contribution is 2.16. The van der Waals surface area contributed by atoms with Crippen LogP contribution in [0.25, 0.3) is 0 Å². The molecule has 1 saturated heterocycles. The summed E-state index contributed by atoms with van der Waals surface area (Å²) in [6.07, 6.45) is 0.464. The first-order chi connectivity index (χ1) is 7.65. The molecule has 2 unspecified atom stereocenters. The highest BCUT2D eigenvalue weighted by molar-refractivity contribution is 5.74. The molecule has 16 heavy (non-hydrogen) atoms. The topological polar surface area (TPSA) is 61.8 Å². The molecule has 5 heteroatoms. The van der Waals surface area contributed by atoms with Crippen LogP contribution in [0.5, 0.6) is 0 Å². The Bertz CT molecular complexity index is 223. The van der Waals surface area contributed by atoms with Crippen LogP contribution in [-0.2, 0) is 4.74 Å². The number of urea groups is 1. The van der Waals surface area contributed by atoms with Gasteiger partial charge < -0.3 is 20.1 Å². The van der Waals surface area contributed by atoms with Crippen LogP contribution in [0.3, 0.4) is 0 Å². The van der Waals surface area contributed by atoms with Gasteiger partial charge in [0.2, 0.25) is 0 Å². The predicted molar refractivity (Wildman–Crippen MR) is 61.3 cm³/mol. The third kappa shape index (κ3) is 3.98. The maximum atomic E-state index is 11.7. The maximum absolute atomic E-state index is 11.7. The molecule has 1 aliphatic heterocycles. The zero-order chi connectivity index (χ0) is 12.0. The van der Waals surface area contributed by atoms with E-state index in [0.717, 1.165) is 13.0 Å². The normalized spacial score (nSPS) is 25.6. The fourth-order valence-corrected chi connectivity index (χ4v) is 1.72. The first-order valence-corrected chi connectivity index (χ1v) is 5.93. The van der Waals surface area contributed by atoms with Crippen LogP contribution in [0, 0.1) is 5.92 Å².